The number of hydrogen-bond donors (Lipinski definition) is 0. The van der Waals surface area contributed by atoms with Gasteiger partial charge in [0.25, 0.3) is 0 Å². The molecule has 2 aromatic heterocycles. The summed E-state index contributed by atoms with van der Waals surface area (Å²) in [6.45, 7) is 3.31. The van der Waals surface area contributed by atoms with Crippen LogP contribution in [-0.4, -0.2) is 66.0 Å². The average Bonchev–Trinajstić information content (AvgIpc) is 3.57. The fraction of sp³-hybridized carbons (Fsp3) is 0.417. The van der Waals surface area contributed by atoms with Gasteiger partial charge in [0.2, 0.25) is 11.7 Å². The van der Waals surface area contributed by atoms with Crippen molar-refractivity contribution in [3.63, 3.8) is 0 Å². The third-order valence-electron chi connectivity index (χ3n) is 6.30. The van der Waals surface area contributed by atoms with E-state index in [-0.39, 0.29) is 35.8 Å². The monoisotopic (exact) mass is 513 g/mol. The van der Waals surface area contributed by atoms with Crippen molar-refractivity contribution in [1.82, 2.24) is 19.7 Å². The first-order valence-corrected chi connectivity index (χ1v) is 13.1. The highest BCUT2D eigenvalue weighted by Gasteiger charge is 2.46. The van der Waals surface area contributed by atoms with Crippen LogP contribution >= 0.6 is 0 Å². The normalized spacial score (nSPS) is 19.9. The number of carbonyl (C=O) groups is 1. The second-order valence-corrected chi connectivity index (χ2v) is 11.0. The number of sulfone groups is 1. The predicted octanol–water partition coefficient (Wildman–Crippen LogP) is 2.61. The van der Waals surface area contributed by atoms with Gasteiger partial charge < -0.3 is 18.8 Å². The second-order valence-electron chi connectivity index (χ2n) is 8.84. The molecule has 3 aromatic rings. The van der Waals surface area contributed by atoms with Gasteiger partial charge in [-0.15, -0.1) is 10.2 Å². The molecule has 2 atom stereocenters. The number of amides is 1. The molecule has 0 saturated carbocycles. The number of likely N-dealkylation sites (tertiary alicyclic amines) is 1. The molecular formula is C24H27N5O6S. The summed E-state index contributed by atoms with van der Waals surface area (Å²) in [6.07, 6.45) is 1.83. The summed E-state index contributed by atoms with van der Waals surface area (Å²) in [5.41, 5.74) is -0.617. The van der Waals surface area contributed by atoms with Gasteiger partial charge in [-0.3, -0.25) is 9.36 Å². The van der Waals surface area contributed by atoms with E-state index in [9.17, 15) is 18.5 Å². The number of para-hydroxylation sites is 1. The maximum absolute atomic E-state index is 13.2. The smallest absolute Gasteiger partial charge is 0.226 e. The number of nitrogens with zero attached hydrogens (tertiary/aromatic N) is 5. The van der Waals surface area contributed by atoms with E-state index in [0.717, 1.165) is 0 Å². The molecular weight excluding hydrogens is 486 g/mol. The van der Waals surface area contributed by atoms with Crippen molar-refractivity contribution >= 4 is 15.7 Å². The molecule has 1 fully saturated rings. The highest BCUT2D eigenvalue weighted by molar-refractivity contribution is 7.90. The number of aromatic nitrogens is 3. The minimum atomic E-state index is -3.79. The number of benzene rings is 1. The number of hydrogen-bond acceptors (Lipinski definition) is 9. The minimum Gasteiger partial charge on any atom is -0.494 e. The lowest BCUT2D eigenvalue weighted by atomic mass is 9.97. The quantitative estimate of drug-likeness (QED) is 0.422. The van der Waals surface area contributed by atoms with Crippen LogP contribution in [0.3, 0.4) is 0 Å². The lowest BCUT2D eigenvalue weighted by Gasteiger charge is -2.28. The van der Waals surface area contributed by atoms with Crippen molar-refractivity contribution in [3.8, 4) is 34.8 Å². The first-order chi connectivity index (χ1) is 17.1. The number of rotatable bonds is 9. The van der Waals surface area contributed by atoms with Crippen molar-refractivity contribution in [2.24, 2.45) is 5.92 Å². The second kappa shape index (κ2) is 9.66. The van der Waals surface area contributed by atoms with Gasteiger partial charge in [-0.25, -0.2) is 8.42 Å². The first-order valence-electron chi connectivity index (χ1n) is 11.3. The summed E-state index contributed by atoms with van der Waals surface area (Å²) in [5, 5.41) is 18.0. The maximum atomic E-state index is 13.2. The number of methoxy groups -OCH3 is 2. The Balaban J connectivity index is 1.71. The van der Waals surface area contributed by atoms with Gasteiger partial charge >= 0.3 is 0 Å². The Morgan fingerprint density at radius 2 is 1.89 bits per heavy atom. The first kappa shape index (κ1) is 25.2. The van der Waals surface area contributed by atoms with Crippen LogP contribution in [0.2, 0.25) is 0 Å². The fourth-order valence-corrected chi connectivity index (χ4v) is 5.71. The summed E-state index contributed by atoms with van der Waals surface area (Å²) in [6, 6.07) is 10.7. The summed E-state index contributed by atoms with van der Waals surface area (Å²) in [5.74, 6) is 0.231. The Morgan fingerprint density at radius 1 is 1.19 bits per heavy atom. The molecule has 0 unspecified atom stereocenters. The molecule has 1 aliphatic rings. The zero-order valence-corrected chi connectivity index (χ0v) is 21.3. The van der Waals surface area contributed by atoms with Crippen molar-refractivity contribution in [2.45, 2.75) is 31.6 Å². The summed E-state index contributed by atoms with van der Waals surface area (Å²) >= 11 is 0. The number of carbonyl (C=O) groups excluding carboxylic acids is 1. The minimum absolute atomic E-state index is 0.0906. The molecule has 1 aromatic carbocycles. The van der Waals surface area contributed by atoms with Crippen molar-refractivity contribution in [1.29, 1.82) is 5.26 Å². The molecule has 1 amide bonds. The standard InChI is InChI=1S/C24H27N5O6S/c1-16-13-24(2,15-25)28(23(16)30)10-12-36(31,32)14-20-26-27-22(19-9-6-11-35-19)29(20)21-17(33-3)7-5-8-18(21)34-4/h5-9,11,16H,10,12-14H2,1-4H3/t16-,24+/m1/s1. The van der Waals surface area contributed by atoms with Crippen molar-refractivity contribution < 1.29 is 27.1 Å². The average molecular weight is 514 g/mol. The third kappa shape index (κ3) is 4.54. The van der Waals surface area contributed by atoms with Crippen LogP contribution in [0.1, 0.15) is 26.1 Å². The van der Waals surface area contributed by atoms with Crippen LogP contribution in [0, 0.1) is 17.2 Å². The Bertz CT molecular complexity index is 1390. The molecule has 4 rings (SSSR count). The van der Waals surface area contributed by atoms with Crippen molar-refractivity contribution in [2.75, 3.05) is 26.5 Å². The number of ether oxygens (including phenoxy) is 2. The maximum Gasteiger partial charge on any atom is 0.226 e. The van der Waals surface area contributed by atoms with E-state index in [4.69, 9.17) is 13.9 Å². The summed E-state index contributed by atoms with van der Waals surface area (Å²) in [4.78, 5) is 13.9. The molecule has 0 aliphatic carbocycles. The van der Waals surface area contributed by atoms with Gasteiger partial charge in [0.05, 0.1) is 32.3 Å². The molecule has 36 heavy (non-hydrogen) atoms. The van der Waals surface area contributed by atoms with E-state index in [1.165, 1.54) is 29.9 Å². The largest absolute Gasteiger partial charge is 0.494 e. The molecule has 11 nitrogen and oxygen atoms in total. The Labute approximate surface area is 209 Å². The molecule has 3 heterocycles. The van der Waals surface area contributed by atoms with Crippen LogP contribution in [0.5, 0.6) is 11.5 Å². The van der Waals surface area contributed by atoms with Gasteiger partial charge in [0, 0.05) is 12.5 Å². The van der Waals surface area contributed by atoms with E-state index < -0.39 is 21.1 Å². The highest BCUT2D eigenvalue weighted by Crippen LogP contribution is 2.37. The van der Waals surface area contributed by atoms with E-state index >= 15 is 0 Å². The van der Waals surface area contributed by atoms with E-state index in [1.807, 2.05) is 0 Å². The molecule has 0 spiro atoms. The van der Waals surface area contributed by atoms with E-state index in [2.05, 4.69) is 16.3 Å². The summed E-state index contributed by atoms with van der Waals surface area (Å²) < 4.78 is 44.6. The van der Waals surface area contributed by atoms with Crippen LogP contribution in [0.4, 0.5) is 0 Å². The SMILES string of the molecule is COc1cccc(OC)c1-n1c(CS(=O)(=O)CCN2C(=O)[C@H](C)C[C@@]2(C)C#N)nnc1-c1ccco1. The Morgan fingerprint density at radius 3 is 2.47 bits per heavy atom. The van der Waals surface area contributed by atoms with Gasteiger partial charge in [0.1, 0.15) is 28.5 Å². The van der Waals surface area contributed by atoms with Gasteiger partial charge in [-0.2, -0.15) is 5.26 Å². The van der Waals surface area contributed by atoms with Crippen LogP contribution in [-0.2, 0) is 20.4 Å². The highest BCUT2D eigenvalue weighted by atomic mass is 32.2. The topological polar surface area (TPSA) is 141 Å². The molecule has 0 bridgehead atoms. The Kier molecular flexibility index (Phi) is 6.77. The van der Waals surface area contributed by atoms with E-state index in [1.54, 1.807) is 44.2 Å². The number of furan rings is 1. The number of nitriles is 1. The lowest BCUT2D eigenvalue weighted by molar-refractivity contribution is -0.132. The van der Waals surface area contributed by atoms with Gasteiger partial charge in [0.15, 0.2) is 21.4 Å². The molecule has 190 valence electrons. The molecule has 0 radical (unpaired) electrons. The third-order valence-corrected chi connectivity index (χ3v) is 7.80. The van der Waals surface area contributed by atoms with Gasteiger partial charge in [-0.05, 0) is 37.6 Å². The van der Waals surface area contributed by atoms with E-state index in [0.29, 0.717) is 29.4 Å². The molecule has 1 aliphatic heterocycles. The van der Waals surface area contributed by atoms with Crippen molar-refractivity contribution in [3.05, 3.63) is 42.4 Å². The zero-order chi connectivity index (χ0) is 26.1. The predicted molar refractivity (Wildman–Crippen MR) is 129 cm³/mol. The van der Waals surface area contributed by atoms with Crippen LogP contribution in [0.15, 0.2) is 41.0 Å². The van der Waals surface area contributed by atoms with Gasteiger partial charge in [-0.1, -0.05) is 13.0 Å². The van der Waals surface area contributed by atoms with Crippen LogP contribution < -0.4 is 9.47 Å². The Hall–Kier alpha value is -3.85. The van der Waals surface area contributed by atoms with Crippen LogP contribution in [0.25, 0.3) is 17.3 Å². The lowest BCUT2D eigenvalue weighted by Crippen LogP contribution is -2.44. The fourth-order valence-electron chi connectivity index (χ4n) is 4.53. The molecule has 12 heteroatoms. The molecule has 1 saturated heterocycles. The zero-order valence-electron chi connectivity index (χ0n) is 20.5. The molecule has 0 N–H and O–H groups in total. The summed E-state index contributed by atoms with van der Waals surface area (Å²) in [7, 11) is -0.802.